The molecular weight excluding hydrogens is 578 g/mol. The van der Waals surface area contributed by atoms with Crippen molar-refractivity contribution in [3.8, 4) is 5.75 Å². The number of carbonyl (C=O) groups is 6. The third kappa shape index (κ3) is 7.15. The Morgan fingerprint density at radius 3 is 2.18 bits per heavy atom. The number of phenols is 1. The molecule has 6 N–H and O–H groups in total. The van der Waals surface area contributed by atoms with Gasteiger partial charge in [-0.2, -0.15) is 0 Å². The number of hydrogen-bond donors (Lipinski definition) is 5. The Kier molecular flexibility index (Phi) is 9.38. The number of nitrogens with two attached hydrogens (primary N) is 1. The standard InChI is InChI=1S/C33H47N5O7/c1-16(2)23(25(40)18-10-8-9-11-21(18)39)36-31(45)37-27(32(3,4)5)30(44)38-15-19-22(33(19,6)7)24(38)29(43)35-20(14-17-12-13-17)26(41)28(34)42/h8-11,16-17,19-20,22-24,27,39H,12-15H2,1-7H3,(H2,34,42)(H,35,43)(H2,36,37,45)/t19-,20?,22-,23-,24-,27+/m0/s1. The van der Waals surface area contributed by atoms with Crippen molar-refractivity contribution in [3.63, 3.8) is 0 Å². The number of nitrogens with one attached hydrogen (secondary N) is 3. The van der Waals surface area contributed by atoms with Crippen LogP contribution in [-0.4, -0.2) is 76.0 Å². The van der Waals surface area contributed by atoms with Crippen LogP contribution in [0.2, 0.25) is 0 Å². The molecule has 1 aromatic rings. The van der Waals surface area contributed by atoms with E-state index in [4.69, 9.17) is 5.73 Å². The van der Waals surface area contributed by atoms with Crippen LogP contribution in [0.3, 0.4) is 0 Å². The first-order valence-electron chi connectivity index (χ1n) is 15.7. The number of phenolic OH excluding ortho intramolecular Hbond substituents is 1. The summed E-state index contributed by atoms with van der Waals surface area (Å²) in [6.07, 6.45) is 2.12. The van der Waals surface area contributed by atoms with E-state index in [1.54, 1.807) is 46.8 Å². The van der Waals surface area contributed by atoms with Gasteiger partial charge >= 0.3 is 6.03 Å². The van der Waals surface area contributed by atoms with E-state index in [0.29, 0.717) is 13.0 Å². The highest BCUT2D eigenvalue weighted by atomic mass is 16.3. The lowest BCUT2D eigenvalue weighted by Gasteiger charge is -2.38. The van der Waals surface area contributed by atoms with E-state index < -0.39 is 64.9 Å². The maximum absolute atomic E-state index is 14.2. The Bertz CT molecular complexity index is 1380. The number of Topliss-reactive ketones (excluding diaryl/α,β-unsaturated/α-hetero) is 2. The van der Waals surface area contributed by atoms with Crippen LogP contribution in [0, 0.1) is 34.5 Å². The number of para-hydroxylation sites is 1. The zero-order valence-electron chi connectivity index (χ0n) is 27.2. The summed E-state index contributed by atoms with van der Waals surface area (Å²) in [6, 6.07) is 1.32. The maximum atomic E-state index is 14.2. The zero-order valence-corrected chi connectivity index (χ0v) is 27.2. The minimum Gasteiger partial charge on any atom is -0.507 e. The number of rotatable bonds is 12. The normalized spacial score (nSPS) is 23.7. The van der Waals surface area contributed by atoms with Crippen molar-refractivity contribution in [3.05, 3.63) is 29.8 Å². The molecule has 246 valence electrons. The second-order valence-corrected chi connectivity index (χ2v) is 14.9. The highest BCUT2D eigenvalue weighted by molar-refractivity contribution is 6.37. The molecule has 1 aromatic carbocycles. The van der Waals surface area contributed by atoms with E-state index in [2.05, 4.69) is 16.0 Å². The fourth-order valence-corrected chi connectivity index (χ4v) is 6.67. The molecule has 12 nitrogen and oxygen atoms in total. The molecule has 0 spiro atoms. The monoisotopic (exact) mass is 625 g/mol. The molecule has 1 unspecified atom stereocenters. The highest BCUT2D eigenvalue weighted by Crippen LogP contribution is 2.65. The van der Waals surface area contributed by atoms with E-state index in [0.717, 1.165) is 12.8 Å². The number of ketones is 2. The molecule has 0 radical (unpaired) electrons. The number of carbonyl (C=O) groups excluding carboxylic acids is 6. The lowest BCUT2D eigenvalue weighted by Crippen LogP contribution is -2.62. The molecule has 3 fully saturated rings. The van der Waals surface area contributed by atoms with Gasteiger partial charge in [0.05, 0.1) is 17.6 Å². The van der Waals surface area contributed by atoms with Crippen molar-refractivity contribution in [2.45, 2.75) is 91.9 Å². The second-order valence-electron chi connectivity index (χ2n) is 14.9. The van der Waals surface area contributed by atoms with Crippen LogP contribution in [0.5, 0.6) is 5.75 Å². The van der Waals surface area contributed by atoms with Gasteiger partial charge in [0, 0.05) is 6.54 Å². The Hall–Kier alpha value is -3.96. The molecule has 4 rings (SSSR count). The fourth-order valence-electron chi connectivity index (χ4n) is 6.67. The van der Waals surface area contributed by atoms with E-state index in [1.807, 2.05) is 13.8 Å². The largest absolute Gasteiger partial charge is 0.507 e. The van der Waals surface area contributed by atoms with E-state index in [9.17, 15) is 33.9 Å². The Morgan fingerprint density at radius 1 is 1.02 bits per heavy atom. The molecular formula is C33H47N5O7. The summed E-state index contributed by atoms with van der Waals surface area (Å²) in [5, 5.41) is 18.4. The second kappa shape index (κ2) is 12.4. The minimum atomic E-state index is -1.12. The first kappa shape index (κ1) is 33.9. The van der Waals surface area contributed by atoms with Crippen molar-refractivity contribution in [1.82, 2.24) is 20.9 Å². The lowest BCUT2D eigenvalue weighted by atomic mass is 9.85. The van der Waals surface area contributed by atoms with Gasteiger partial charge in [-0.05, 0) is 53.1 Å². The Labute approximate surface area is 264 Å². The molecule has 6 atom stereocenters. The molecule has 3 aliphatic rings. The summed E-state index contributed by atoms with van der Waals surface area (Å²) in [5.41, 5.74) is 4.35. The molecule has 12 heteroatoms. The molecule has 2 aliphatic carbocycles. The van der Waals surface area contributed by atoms with Crippen LogP contribution in [-0.2, 0) is 19.2 Å². The van der Waals surface area contributed by atoms with Gasteiger partial charge in [-0.1, -0.05) is 73.4 Å². The summed E-state index contributed by atoms with van der Waals surface area (Å²) in [4.78, 5) is 80.4. The van der Waals surface area contributed by atoms with Crippen molar-refractivity contribution in [2.75, 3.05) is 6.54 Å². The third-order valence-corrected chi connectivity index (χ3v) is 9.70. The lowest BCUT2D eigenvalue weighted by molar-refractivity contribution is -0.145. The summed E-state index contributed by atoms with van der Waals surface area (Å²) < 4.78 is 0. The van der Waals surface area contributed by atoms with Gasteiger partial charge in [-0.15, -0.1) is 0 Å². The zero-order chi connectivity index (χ0) is 33.6. The summed E-state index contributed by atoms with van der Waals surface area (Å²) in [6.45, 7) is 13.2. The third-order valence-electron chi connectivity index (χ3n) is 9.70. The summed E-state index contributed by atoms with van der Waals surface area (Å²) >= 11 is 0. The van der Waals surface area contributed by atoms with Crippen molar-refractivity contribution < 1.29 is 33.9 Å². The number of benzene rings is 1. The average Bonchev–Trinajstić information content (AvgIpc) is 3.80. The molecule has 0 bridgehead atoms. The van der Waals surface area contributed by atoms with Gasteiger partial charge in [0.15, 0.2) is 5.78 Å². The van der Waals surface area contributed by atoms with Crippen LogP contribution >= 0.6 is 0 Å². The fraction of sp³-hybridized carbons (Fsp3) is 0.636. The summed E-state index contributed by atoms with van der Waals surface area (Å²) in [7, 11) is 0. The number of primary amides is 1. The summed E-state index contributed by atoms with van der Waals surface area (Å²) in [5.74, 6) is -3.86. The van der Waals surface area contributed by atoms with Crippen LogP contribution in [0.15, 0.2) is 24.3 Å². The highest BCUT2D eigenvalue weighted by Gasteiger charge is 2.70. The molecule has 0 aromatic heterocycles. The Morgan fingerprint density at radius 2 is 1.64 bits per heavy atom. The van der Waals surface area contributed by atoms with Gasteiger partial charge in [0.1, 0.15) is 17.8 Å². The van der Waals surface area contributed by atoms with Crippen molar-refractivity contribution in [1.29, 1.82) is 0 Å². The number of hydrogen-bond acceptors (Lipinski definition) is 7. The minimum absolute atomic E-state index is 0.0434. The number of fused-ring (bicyclic) bond motifs is 1. The maximum Gasteiger partial charge on any atom is 0.316 e. The Balaban J connectivity index is 1.54. The predicted molar refractivity (Wildman–Crippen MR) is 166 cm³/mol. The topological polar surface area (TPSA) is 188 Å². The molecule has 5 amide bonds. The van der Waals surface area contributed by atoms with E-state index in [1.165, 1.54) is 17.0 Å². The van der Waals surface area contributed by atoms with E-state index >= 15 is 0 Å². The van der Waals surface area contributed by atoms with Crippen molar-refractivity contribution in [2.24, 2.45) is 40.2 Å². The van der Waals surface area contributed by atoms with Gasteiger partial charge in [0.2, 0.25) is 17.6 Å². The van der Waals surface area contributed by atoms with Crippen LogP contribution in [0.25, 0.3) is 0 Å². The number of urea groups is 1. The number of aromatic hydroxyl groups is 1. The van der Waals surface area contributed by atoms with Crippen molar-refractivity contribution >= 4 is 35.3 Å². The van der Waals surface area contributed by atoms with Gasteiger partial charge in [-0.3, -0.25) is 24.0 Å². The van der Waals surface area contributed by atoms with Crippen LogP contribution in [0.1, 0.15) is 78.1 Å². The average molecular weight is 626 g/mol. The smallest absolute Gasteiger partial charge is 0.316 e. The number of nitrogens with zero attached hydrogens (tertiary/aromatic N) is 1. The molecule has 1 saturated heterocycles. The number of likely N-dealkylation sites (tertiary alicyclic amines) is 1. The predicted octanol–water partition coefficient (Wildman–Crippen LogP) is 2.14. The first-order valence-corrected chi connectivity index (χ1v) is 15.7. The molecule has 1 aliphatic heterocycles. The van der Waals surface area contributed by atoms with Gasteiger partial charge in [-0.25, -0.2) is 4.79 Å². The molecule has 1 heterocycles. The van der Waals surface area contributed by atoms with Crippen LogP contribution < -0.4 is 21.7 Å². The van der Waals surface area contributed by atoms with Gasteiger partial charge < -0.3 is 31.7 Å². The number of amides is 5. The quantitative estimate of drug-likeness (QED) is 0.174. The van der Waals surface area contributed by atoms with Crippen LogP contribution in [0.4, 0.5) is 4.79 Å². The van der Waals surface area contributed by atoms with Gasteiger partial charge in [0.25, 0.3) is 5.91 Å². The molecule has 45 heavy (non-hydrogen) atoms. The number of piperidine rings is 1. The first-order chi connectivity index (χ1) is 20.9. The SMILES string of the molecule is CC(C)[C@H](NC(=O)N[C@H](C(=O)N1C[C@H]2[C@@H]([C@H]1C(=O)NC(CC1CC1)C(=O)C(N)=O)C2(C)C)C(C)(C)C)C(=O)c1ccccc1O. The molecule has 2 saturated carbocycles. The van der Waals surface area contributed by atoms with E-state index in [-0.39, 0.29) is 40.4 Å².